The molecule has 0 unspecified atom stereocenters. The molecule has 11 heteroatoms. The van der Waals surface area contributed by atoms with Crippen molar-refractivity contribution in [3.05, 3.63) is 23.8 Å². The second kappa shape index (κ2) is 13.6. The molecule has 1 aromatic rings. The van der Waals surface area contributed by atoms with E-state index in [0.717, 1.165) is 38.5 Å². The summed E-state index contributed by atoms with van der Waals surface area (Å²) in [5.74, 6) is 1.61. The molecule has 1 saturated heterocycles. The van der Waals surface area contributed by atoms with E-state index < -0.39 is 12.3 Å². The summed E-state index contributed by atoms with van der Waals surface area (Å²) in [6.07, 6.45) is 7.54. The average Bonchev–Trinajstić information content (AvgIpc) is 3.59. The Kier molecular flexibility index (Phi) is 10.3. The molecule has 2 N–H and O–H groups in total. The van der Waals surface area contributed by atoms with Crippen LogP contribution in [0.15, 0.2) is 18.0 Å². The first-order chi connectivity index (χ1) is 24.7. The number of carbonyl (C=O) groups excluding carboxylic acids is 1. The molecule has 4 aliphatic carbocycles. The van der Waals surface area contributed by atoms with Crippen LogP contribution in [0, 0.1) is 56.7 Å². The highest BCUT2D eigenvalue weighted by molar-refractivity contribution is 5.90. The Bertz CT molecular complexity index is 1580. The Morgan fingerprint density at radius 3 is 2.40 bits per heavy atom. The molecular formula is C42H69N5O6. The highest BCUT2D eigenvalue weighted by Crippen LogP contribution is 2.74. The summed E-state index contributed by atoms with van der Waals surface area (Å²) >= 11 is 0. The quantitative estimate of drug-likeness (QED) is 0.185. The maximum atomic E-state index is 13.3. The molecule has 1 aliphatic heterocycles. The van der Waals surface area contributed by atoms with Gasteiger partial charge >= 0.3 is 6.16 Å². The molecule has 3 saturated carbocycles. The molecule has 1 aromatic heterocycles. The van der Waals surface area contributed by atoms with E-state index in [9.17, 15) is 14.7 Å². The lowest BCUT2D eigenvalue weighted by Gasteiger charge is -2.71. The number of rotatable bonds is 10. The fourth-order valence-corrected chi connectivity index (χ4v) is 12.7. The zero-order chi connectivity index (χ0) is 39.1. The van der Waals surface area contributed by atoms with Gasteiger partial charge < -0.3 is 29.5 Å². The number of nitrogens with one attached hydrogen (secondary N) is 1. The zero-order valence-electron chi connectivity index (χ0n) is 34.9. The van der Waals surface area contributed by atoms with Gasteiger partial charge in [-0.1, -0.05) is 74.0 Å². The molecular weight excluding hydrogens is 670 g/mol. The van der Waals surface area contributed by atoms with Crippen LogP contribution in [0.1, 0.15) is 124 Å². The number of carbonyl (C=O) groups is 2. The predicted molar refractivity (Wildman–Crippen MR) is 204 cm³/mol. The van der Waals surface area contributed by atoms with E-state index in [-0.39, 0.29) is 56.6 Å². The number of nitrogens with zero attached hydrogens (tertiary/aromatic N) is 4. The van der Waals surface area contributed by atoms with Crippen LogP contribution in [0.3, 0.4) is 0 Å². The summed E-state index contributed by atoms with van der Waals surface area (Å²) in [6, 6.07) is -0.251. The SMILES string of the molecule is CNC(=O)c1ncnn1[C@@H]1C[C@@]23COC[C@](C)([C@@H]2CC[C@H]2C3=CC[C@]3(C)[C@H](OC(=O)O)[C@@](C)([C@H](C)C(C)C)CC[C@]23C)[C@H]1OC[C@@](C)(C(C)C)N(C)C. The largest absolute Gasteiger partial charge is 0.506 e. The fraction of sp³-hybridized carbons (Fsp3) is 0.857. The number of carboxylic acid groups (broad SMARTS) is 1. The summed E-state index contributed by atoms with van der Waals surface area (Å²) in [7, 11) is 5.87. The van der Waals surface area contributed by atoms with Crippen molar-refractivity contribution in [2.75, 3.05) is 41.0 Å². The second-order valence-electron chi connectivity index (χ2n) is 19.9. The molecule has 0 spiro atoms. The standard InChI is InChI=1S/C42H69N5O6/c1-25(2)27(5)37(6)18-19-39(8)28-14-15-31-38(7)21-51-23-42(31,29(28)16-17-40(39,9)35(37)53-36(49)50)20-30(47-33(34(48)43-11)44-24-45-47)32(38)52-22-41(10,26(3)4)46(12)13/h16,24-28,30-32,35H,14-15,17-23H2,1-13H3,(H,43,48)(H,49,50)/t27-,28+,30-,31+,32+,35-,37-,38-,39-,40-,41+,42+/m1/s1. The van der Waals surface area contributed by atoms with Gasteiger partial charge in [-0.05, 0) is 94.5 Å². The Balaban J connectivity index is 1.48. The summed E-state index contributed by atoms with van der Waals surface area (Å²) in [6.45, 7) is 24.6. The maximum Gasteiger partial charge on any atom is 0.506 e. The van der Waals surface area contributed by atoms with Gasteiger partial charge in [0.25, 0.3) is 5.91 Å². The Morgan fingerprint density at radius 2 is 1.79 bits per heavy atom. The van der Waals surface area contributed by atoms with E-state index in [4.69, 9.17) is 19.3 Å². The van der Waals surface area contributed by atoms with Crippen molar-refractivity contribution in [1.82, 2.24) is 25.0 Å². The summed E-state index contributed by atoms with van der Waals surface area (Å²) in [5, 5.41) is 17.8. The van der Waals surface area contributed by atoms with Crippen LogP contribution in [-0.4, -0.2) is 95.5 Å². The second-order valence-corrected chi connectivity index (χ2v) is 19.9. The normalized spacial score (nSPS) is 41.1. The van der Waals surface area contributed by atoms with Crippen molar-refractivity contribution in [3.63, 3.8) is 0 Å². The Hall–Kier alpha value is -2.50. The molecule has 53 heavy (non-hydrogen) atoms. The number of allylic oxidation sites excluding steroid dienone is 1. The third-order valence-electron chi connectivity index (χ3n) is 17.1. The minimum Gasteiger partial charge on any atom is -0.450 e. The molecule has 12 atom stereocenters. The Morgan fingerprint density at radius 1 is 1.09 bits per heavy atom. The maximum absolute atomic E-state index is 13.3. The van der Waals surface area contributed by atoms with Crippen LogP contribution < -0.4 is 5.32 Å². The zero-order valence-corrected chi connectivity index (χ0v) is 34.9. The molecule has 0 aromatic carbocycles. The lowest BCUT2D eigenvalue weighted by molar-refractivity contribution is -0.258. The summed E-state index contributed by atoms with van der Waals surface area (Å²) in [5.41, 5.74) is -0.268. The first-order valence-corrected chi connectivity index (χ1v) is 20.3. The molecule has 2 heterocycles. The lowest BCUT2D eigenvalue weighted by Crippen LogP contribution is -2.70. The third kappa shape index (κ3) is 5.74. The number of amides is 1. The molecule has 0 radical (unpaired) electrons. The average molecular weight is 740 g/mol. The van der Waals surface area contributed by atoms with Crippen molar-refractivity contribution in [1.29, 1.82) is 0 Å². The third-order valence-corrected chi connectivity index (χ3v) is 17.1. The number of likely N-dealkylation sites (N-methyl/N-ethyl adjacent to an activating group) is 1. The first-order valence-electron chi connectivity index (χ1n) is 20.3. The van der Waals surface area contributed by atoms with E-state index in [1.54, 1.807) is 7.05 Å². The lowest BCUT2D eigenvalue weighted by atomic mass is 9.35. The van der Waals surface area contributed by atoms with E-state index in [2.05, 4.69) is 105 Å². The fourth-order valence-electron chi connectivity index (χ4n) is 12.7. The molecule has 298 valence electrons. The van der Waals surface area contributed by atoms with Gasteiger partial charge in [0.2, 0.25) is 5.82 Å². The van der Waals surface area contributed by atoms with Gasteiger partial charge in [0.15, 0.2) is 0 Å². The topological polar surface area (TPSA) is 128 Å². The van der Waals surface area contributed by atoms with Crippen LogP contribution in [0.25, 0.3) is 0 Å². The Labute approximate surface area is 318 Å². The monoisotopic (exact) mass is 740 g/mol. The van der Waals surface area contributed by atoms with Gasteiger partial charge in [-0.3, -0.25) is 4.79 Å². The van der Waals surface area contributed by atoms with E-state index in [0.29, 0.717) is 49.3 Å². The van der Waals surface area contributed by atoms with Gasteiger partial charge in [-0.15, -0.1) is 0 Å². The van der Waals surface area contributed by atoms with Crippen LogP contribution in [0.2, 0.25) is 0 Å². The van der Waals surface area contributed by atoms with Gasteiger partial charge in [0.1, 0.15) is 12.4 Å². The molecule has 4 fully saturated rings. The van der Waals surface area contributed by atoms with Crippen molar-refractivity contribution < 1.29 is 28.9 Å². The summed E-state index contributed by atoms with van der Waals surface area (Å²) in [4.78, 5) is 32.5. The van der Waals surface area contributed by atoms with Gasteiger partial charge in [-0.2, -0.15) is 5.10 Å². The minimum absolute atomic E-state index is 0.185. The number of hydrogen-bond acceptors (Lipinski definition) is 8. The molecule has 5 aliphatic rings. The molecule has 1 amide bonds. The number of fused-ring (bicyclic) bond motifs is 3. The van der Waals surface area contributed by atoms with Crippen LogP contribution in [-0.2, 0) is 14.2 Å². The van der Waals surface area contributed by atoms with Crippen LogP contribution in [0.4, 0.5) is 4.79 Å². The number of hydrogen-bond donors (Lipinski definition) is 2. The molecule has 6 rings (SSSR count). The van der Waals surface area contributed by atoms with Gasteiger partial charge in [0, 0.05) is 34.2 Å². The van der Waals surface area contributed by atoms with E-state index >= 15 is 0 Å². The van der Waals surface area contributed by atoms with E-state index in [1.807, 2.05) is 4.68 Å². The number of ether oxygens (including phenoxy) is 3. The van der Waals surface area contributed by atoms with Crippen LogP contribution in [0.5, 0.6) is 0 Å². The number of aromatic nitrogens is 3. The smallest absolute Gasteiger partial charge is 0.450 e. The van der Waals surface area contributed by atoms with Gasteiger partial charge in [0.05, 0.1) is 32.0 Å². The van der Waals surface area contributed by atoms with Crippen molar-refractivity contribution in [3.8, 4) is 0 Å². The summed E-state index contributed by atoms with van der Waals surface area (Å²) < 4.78 is 22.0. The van der Waals surface area contributed by atoms with Crippen LogP contribution >= 0.6 is 0 Å². The van der Waals surface area contributed by atoms with Crippen molar-refractivity contribution >= 4 is 12.1 Å². The molecule has 11 nitrogen and oxygen atoms in total. The minimum atomic E-state index is -1.18. The highest BCUT2D eigenvalue weighted by Gasteiger charge is 2.72. The van der Waals surface area contributed by atoms with Crippen molar-refractivity contribution in [2.24, 2.45) is 56.7 Å². The van der Waals surface area contributed by atoms with E-state index in [1.165, 1.54) is 11.9 Å². The first kappa shape index (κ1) is 40.2. The predicted octanol–water partition coefficient (Wildman–Crippen LogP) is 7.49. The van der Waals surface area contributed by atoms with Gasteiger partial charge in [-0.25, -0.2) is 14.5 Å². The highest BCUT2D eigenvalue weighted by atomic mass is 16.7. The molecule has 2 bridgehead atoms. The van der Waals surface area contributed by atoms with Crippen molar-refractivity contribution in [2.45, 2.75) is 132 Å².